The molecule has 0 bridgehead atoms. The summed E-state index contributed by atoms with van der Waals surface area (Å²) in [5, 5.41) is 14.4. The molecule has 7 nitrogen and oxygen atoms in total. The van der Waals surface area contributed by atoms with Crippen molar-refractivity contribution in [1.29, 1.82) is 0 Å². The summed E-state index contributed by atoms with van der Waals surface area (Å²) in [6.07, 6.45) is 2.59. The lowest BCUT2D eigenvalue weighted by Crippen LogP contribution is -2.42. The van der Waals surface area contributed by atoms with Gasteiger partial charge in [-0.1, -0.05) is 54.6 Å². The molecule has 1 unspecified atom stereocenters. The molecule has 2 aliphatic rings. The first-order chi connectivity index (χ1) is 15.5. The fourth-order valence-corrected chi connectivity index (χ4v) is 4.10. The number of aliphatic carboxylic acids is 1. The van der Waals surface area contributed by atoms with Crippen molar-refractivity contribution in [3.63, 3.8) is 0 Å². The maximum absolute atomic E-state index is 12.2. The Labute approximate surface area is 186 Å². The summed E-state index contributed by atoms with van der Waals surface area (Å²) in [5.41, 5.74) is 4.94. The third kappa shape index (κ3) is 4.66. The topological polar surface area (TPSA) is 105 Å². The Morgan fingerprint density at radius 3 is 2.22 bits per heavy atom. The van der Waals surface area contributed by atoms with Gasteiger partial charge >= 0.3 is 12.1 Å². The largest absolute Gasteiger partial charge is 0.480 e. The van der Waals surface area contributed by atoms with E-state index in [0.29, 0.717) is 5.57 Å². The van der Waals surface area contributed by atoms with Gasteiger partial charge in [0.2, 0.25) is 5.91 Å². The van der Waals surface area contributed by atoms with Crippen LogP contribution in [0.5, 0.6) is 0 Å². The zero-order chi connectivity index (χ0) is 22.7. The molecule has 0 spiro atoms. The van der Waals surface area contributed by atoms with Crippen LogP contribution in [0.15, 0.2) is 60.2 Å². The van der Waals surface area contributed by atoms with E-state index in [0.717, 1.165) is 35.1 Å². The summed E-state index contributed by atoms with van der Waals surface area (Å²) in [6, 6.07) is 15.4. The van der Waals surface area contributed by atoms with Gasteiger partial charge in [0, 0.05) is 18.0 Å². The van der Waals surface area contributed by atoms with Crippen molar-refractivity contribution < 1.29 is 24.2 Å². The highest BCUT2D eigenvalue weighted by atomic mass is 16.5. The Bertz CT molecular complexity index is 1030. The Kier molecular flexibility index (Phi) is 6.25. The number of carboxylic acids is 1. The summed E-state index contributed by atoms with van der Waals surface area (Å²) in [6.45, 7) is 1.91. The van der Waals surface area contributed by atoms with Crippen molar-refractivity contribution in [2.24, 2.45) is 5.92 Å². The minimum atomic E-state index is -1.02. The zero-order valence-electron chi connectivity index (χ0n) is 17.8. The number of benzene rings is 2. The molecule has 4 rings (SSSR count). The number of carbonyl (C=O) groups excluding carboxylic acids is 2. The number of nitrogens with one attached hydrogen (secondary N) is 2. The van der Waals surface area contributed by atoms with E-state index < -0.39 is 24.0 Å². The number of ether oxygens (including phenoxy) is 1. The minimum Gasteiger partial charge on any atom is -0.480 e. The first-order valence-electron chi connectivity index (χ1n) is 10.7. The molecule has 2 aromatic carbocycles. The first kappa shape index (κ1) is 21.6. The molecule has 2 aliphatic carbocycles. The summed E-state index contributed by atoms with van der Waals surface area (Å²) in [7, 11) is 0. The average molecular weight is 434 g/mol. The minimum absolute atomic E-state index is 0.00296. The van der Waals surface area contributed by atoms with Gasteiger partial charge in [-0.15, -0.1) is 0 Å². The van der Waals surface area contributed by atoms with Crippen LogP contribution >= 0.6 is 0 Å². The van der Waals surface area contributed by atoms with Crippen LogP contribution in [0.4, 0.5) is 4.79 Å². The molecule has 166 valence electrons. The Morgan fingerprint density at radius 1 is 1.06 bits per heavy atom. The number of amides is 2. The normalized spacial score (nSPS) is 16.0. The molecule has 0 heterocycles. The highest BCUT2D eigenvalue weighted by Gasteiger charge is 2.37. The zero-order valence-corrected chi connectivity index (χ0v) is 17.8. The third-order valence-electron chi connectivity index (χ3n) is 6.00. The van der Waals surface area contributed by atoms with Gasteiger partial charge in [-0.3, -0.25) is 4.79 Å². The molecule has 0 aliphatic heterocycles. The molecule has 2 aromatic rings. The molecule has 0 aromatic heterocycles. The van der Waals surface area contributed by atoms with E-state index in [2.05, 4.69) is 34.9 Å². The second kappa shape index (κ2) is 9.26. The molecule has 7 heteroatoms. The predicted octanol–water partition coefficient (Wildman–Crippen LogP) is 3.45. The van der Waals surface area contributed by atoms with Crippen LogP contribution in [0.25, 0.3) is 11.1 Å². The fraction of sp³-hybridized carbons (Fsp3) is 0.320. The average Bonchev–Trinajstić information content (AvgIpc) is 3.58. The van der Waals surface area contributed by atoms with E-state index in [-0.39, 0.29) is 25.0 Å². The van der Waals surface area contributed by atoms with E-state index >= 15 is 0 Å². The van der Waals surface area contributed by atoms with E-state index in [1.807, 2.05) is 24.3 Å². The van der Waals surface area contributed by atoms with Gasteiger partial charge < -0.3 is 20.5 Å². The van der Waals surface area contributed by atoms with Gasteiger partial charge in [-0.25, -0.2) is 9.59 Å². The lowest BCUT2D eigenvalue weighted by molar-refractivity contribution is -0.141. The predicted molar refractivity (Wildman–Crippen MR) is 119 cm³/mol. The van der Waals surface area contributed by atoms with Gasteiger partial charge in [0.1, 0.15) is 12.6 Å². The van der Waals surface area contributed by atoms with Gasteiger partial charge in [0.05, 0.1) is 0 Å². The van der Waals surface area contributed by atoms with Crippen molar-refractivity contribution in [2.75, 3.05) is 13.2 Å². The molecule has 2 amide bonds. The van der Waals surface area contributed by atoms with Crippen LogP contribution in [0.2, 0.25) is 0 Å². The Morgan fingerprint density at radius 2 is 1.66 bits per heavy atom. The quantitative estimate of drug-likeness (QED) is 0.552. The number of hydrogen-bond donors (Lipinski definition) is 3. The van der Waals surface area contributed by atoms with Crippen LogP contribution in [-0.2, 0) is 14.3 Å². The standard InChI is InChI=1S/C25H26N2O5/c1-15(23(28)27-22(24(29)30)16-10-11-16)12-13-26-25(31)32-14-21-19-8-4-2-6-17(19)18-7-3-5-9-20(18)21/h2-9,12,16,21-22H,10-11,13-14H2,1H3,(H,26,31)(H,27,28)(H,29,30)/b15-12+. The molecule has 32 heavy (non-hydrogen) atoms. The monoisotopic (exact) mass is 434 g/mol. The number of carbonyl (C=O) groups is 3. The lowest BCUT2D eigenvalue weighted by Gasteiger charge is -2.15. The van der Waals surface area contributed by atoms with Crippen molar-refractivity contribution in [2.45, 2.75) is 31.7 Å². The second-order valence-corrected chi connectivity index (χ2v) is 8.22. The maximum Gasteiger partial charge on any atom is 0.407 e. The van der Waals surface area contributed by atoms with E-state index in [9.17, 15) is 19.5 Å². The van der Waals surface area contributed by atoms with Gasteiger partial charge in [0.25, 0.3) is 0 Å². The Hall–Kier alpha value is -3.61. The van der Waals surface area contributed by atoms with Crippen LogP contribution in [0.3, 0.4) is 0 Å². The number of hydrogen-bond acceptors (Lipinski definition) is 4. The van der Waals surface area contributed by atoms with Crippen molar-refractivity contribution in [3.05, 3.63) is 71.3 Å². The maximum atomic E-state index is 12.2. The molecule has 3 N–H and O–H groups in total. The molecule has 1 fully saturated rings. The highest BCUT2D eigenvalue weighted by Crippen LogP contribution is 2.44. The summed E-state index contributed by atoms with van der Waals surface area (Å²) < 4.78 is 5.46. The molecule has 0 radical (unpaired) electrons. The smallest absolute Gasteiger partial charge is 0.407 e. The van der Waals surface area contributed by atoms with Crippen molar-refractivity contribution in [3.8, 4) is 11.1 Å². The summed E-state index contributed by atoms with van der Waals surface area (Å²) in [4.78, 5) is 35.7. The van der Waals surface area contributed by atoms with Crippen molar-refractivity contribution >= 4 is 18.0 Å². The number of fused-ring (bicyclic) bond motifs is 3. The number of rotatable bonds is 8. The van der Waals surface area contributed by atoms with E-state index in [1.165, 1.54) is 0 Å². The SMILES string of the molecule is C/C(=C\CNC(=O)OCC1c2ccccc2-c2ccccc21)C(=O)NC(C(=O)O)C1CC1. The number of carboxylic acid groups (broad SMARTS) is 1. The van der Waals surface area contributed by atoms with Crippen LogP contribution in [0.1, 0.15) is 36.8 Å². The third-order valence-corrected chi connectivity index (χ3v) is 6.00. The summed E-state index contributed by atoms with van der Waals surface area (Å²) >= 11 is 0. The second-order valence-electron chi connectivity index (χ2n) is 8.22. The van der Waals surface area contributed by atoms with E-state index in [4.69, 9.17) is 4.74 Å². The molecule has 1 saturated carbocycles. The van der Waals surface area contributed by atoms with E-state index in [1.54, 1.807) is 13.0 Å². The number of alkyl carbamates (subject to hydrolysis) is 1. The molecular formula is C25H26N2O5. The van der Waals surface area contributed by atoms with Crippen LogP contribution < -0.4 is 10.6 Å². The van der Waals surface area contributed by atoms with Gasteiger partial charge in [-0.05, 0) is 47.9 Å². The van der Waals surface area contributed by atoms with Crippen LogP contribution in [-0.4, -0.2) is 42.3 Å². The Balaban J connectivity index is 1.28. The van der Waals surface area contributed by atoms with Gasteiger partial charge in [-0.2, -0.15) is 0 Å². The molecular weight excluding hydrogens is 408 g/mol. The molecule has 0 saturated heterocycles. The lowest BCUT2D eigenvalue weighted by atomic mass is 9.98. The fourth-order valence-electron chi connectivity index (χ4n) is 4.10. The first-order valence-corrected chi connectivity index (χ1v) is 10.7. The highest BCUT2D eigenvalue weighted by molar-refractivity contribution is 5.95. The summed E-state index contributed by atoms with van der Waals surface area (Å²) in [5.74, 6) is -1.49. The van der Waals surface area contributed by atoms with Crippen LogP contribution in [0, 0.1) is 5.92 Å². The van der Waals surface area contributed by atoms with Gasteiger partial charge in [0.15, 0.2) is 0 Å². The van der Waals surface area contributed by atoms with Crippen molar-refractivity contribution in [1.82, 2.24) is 10.6 Å². The molecule has 1 atom stereocenters.